The van der Waals surface area contributed by atoms with Crippen molar-refractivity contribution in [1.29, 1.82) is 0 Å². The third-order valence-electron chi connectivity index (χ3n) is 6.49. The van der Waals surface area contributed by atoms with E-state index in [0.29, 0.717) is 31.0 Å². The van der Waals surface area contributed by atoms with E-state index in [1.807, 2.05) is 46.7 Å². The first-order valence-corrected chi connectivity index (χ1v) is 14.4. The molecule has 1 saturated carbocycles. The Labute approximate surface area is 234 Å². The van der Waals surface area contributed by atoms with Crippen LogP contribution in [-0.4, -0.2) is 64.1 Å². The van der Waals surface area contributed by atoms with Crippen molar-refractivity contribution >= 4 is 29.4 Å². The van der Waals surface area contributed by atoms with Crippen LogP contribution in [0.15, 0.2) is 27.8 Å². The lowest BCUT2D eigenvalue weighted by Gasteiger charge is -2.32. The van der Waals surface area contributed by atoms with Gasteiger partial charge in [0.2, 0.25) is 11.7 Å². The predicted octanol–water partition coefficient (Wildman–Crippen LogP) is 4.47. The molecule has 39 heavy (non-hydrogen) atoms. The molecule has 2 amide bonds. The maximum absolute atomic E-state index is 14.8. The molecule has 9 nitrogen and oxygen atoms in total. The van der Waals surface area contributed by atoms with Gasteiger partial charge in [-0.2, -0.15) is 0 Å². The Balaban J connectivity index is 1.71. The molecule has 0 saturated heterocycles. The van der Waals surface area contributed by atoms with Crippen LogP contribution in [0.2, 0.25) is 0 Å². The number of carbonyl (C=O) groups excluding carboxylic acids is 3. The topological polar surface area (TPSA) is 117 Å². The van der Waals surface area contributed by atoms with E-state index in [1.165, 1.54) is 23.9 Å². The number of thioether (sulfide) groups is 1. The predicted molar refractivity (Wildman–Crippen MR) is 148 cm³/mol. The van der Waals surface area contributed by atoms with E-state index in [0.717, 1.165) is 18.4 Å². The summed E-state index contributed by atoms with van der Waals surface area (Å²) in [6, 6.07) is 3.27. The van der Waals surface area contributed by atoms with Crippen LogP contribution in [0.1, 0.15) is 86.4 Å². The number of aromatic nitrogens is 2. The number of Topliss-reactive ketones (excluding diaryl/α,β-unsaturated/α-hetero) is 1. The van der Waals surface area contributed by atoms with Gasteiger partial charge < -0.3 is 20.0 Å². The van der Waals surface area contributed by atoms with Crippen LogP contribution < -0.4 is 10.6 Å². The SMILES string of the molecule is CC(C)CC(NC(=O)[C@@H]1CCCC[C@@H]1NC(=O)c1ccc(CN(C)C)cc1F)C(=O)c1nnc(SC(C)C)o1. The van der Waals surface area contributed by atoms with E-state index in [9.17, 15) is 18.8 Å². The zero-order valence-corrected chi connectivity index (χ0v) is 24.4. The van der Waals surface area contributed by atoms with Gasteiger partial charge in [-0.05, 0) is 57.0 Å². The summed E-state index contributed by atoms with van der Waals surface area (Å²) in [4.78, 5) is 41.6. The first-order chi connectivity index (χ1) is 18.4. The van der Waals surface area contributed by atoms with Crippen LogP contribution in [0.4, 0.5) is 4.39 Å². The third kappa shape index (κ3) is 8.86. The number of nitrogens with zero attached hydrogens (tertiary/aromatic N) is 3. The number of hydrogen-bond acceptors (Lipinski definition) is 8. The van der Waals surface area contributed by atoms with Crippen molar-refractivity contribution in [2.24, 2.45) is 11.8 Å². The quantitative estimate of drug-likeness (QED) is 0.288. The third-order valence-corrected chi connectivity index (χ3v) is 7.33. The molecule has 1 aromatic heterocycles. The standard InChI is InChI=1S/C28H40FN5O4S/c1-16(2)13-23(24(35)27-32-33-28(38-27)39-17(3)4)31-26(37)20-9-7-8-10-22(20)30-25(36)19-12-11-18(14-21(19)29)15-34(5)6/h11-12,14,16-17,20,22-23H,7-10,13,15H2,1-6H3,(H,30,36)(H,31,37)/t20-,22+,23?/m1/s1. The van der Waals surface area contributed by atoms with Gasteiger partial charge in [-0.1, -0.05) is 58.4 Å². The maximum Gasteiger partial charge on any atom is 0.286 e. The highest BCUT2D eigenvalue weighted by molar-refractivity contribution is 7.99. The summed E-state index contributed by atoms with van der Waals surface area (Å²) in [7, 11) is 3.77. The van der Waals surface area contributed by atoms with Crippen LogP contribution in [0.5, 0.6) is 0 Å². The average molecular weight is 562 g/mol. The largest absolute Gasteiger partial charge is 0.408 e. The number of rotatable bonds is 12. The molecule has 2 N–H and O–H groups in total. The Bertz CT molecular complexity index is 1150. The number of benzene rings is 1. The van der Waals surface area contributed by atoms with Crippen molar-refractivity contribution in [3.63, 3.8) is 0 Å². The molecule has 0 bridgehead atoms. The van der Waals surface area contributed by atoms with Crippen LogP contribution in [-0.2, 0) is 11.3 Å². The molecule has 1 aliphatic rings. The number of ketones is 1. The first kappa shape index (κ1) is 30.7. The van der Waals surface area contributed by atoms with E-state index in [2.05, 4.69) is 20.8 Å². The van der Waals surface area contributed by atoms with Crippen molar-refractivity contribution in [2.45, 2.75) is 88.9 Å². The Morgan fingerprint density at radius 2 is 1.85 bits per heavy atom. The van der Waals surface area contributed by atoms with Crippen LogP contribution in [0.25, 0.3) is 0 Å². The molecule has 0 aliphatic heterocycles. The van der Waals surface area contributed by atoms with Gasteiger partial charge in [0.05, 0.1) is 17.5 Å². The van der Waals surface area contributed by atoms with E-state index >= 15 is 0 Å². The summed E-state index contributed by atoms with van der Waals surface area (Å²) >= 11 is 1.36. The van der Waals surface area contributed by atoms with Gasteiger partial charge in [-0.3, -0.25) is 14.4 Å². The van der Waals surface area contributed by atoms with Crippen molar-refractivity contribution < 1.29 is 23.2 Å². The lowest BCUT2D eigenvalue weighted by Crippen LogP contribution is -2.52. The Kier molecular flexibility index (Phi) is 11.1. The monoisotopic (exact) mass is 561 g/mol. The molecule has 0 spiro atoms. The molecule has 1 unspecified atom stereocenters. The maximum atomic E-state index is 14.8. The summed E-state index contributed by atoms with van der Waals surface area (Å²) in [5.74, 6) is -2.47. The molecule has 3 rings (SSSR count). The van der Waals surface area contributed by atoms with Crippen LogP contribution in [0.3, 0.4) is 0 Å². The molecule has 0 radical (unpaired) electrons. The van der Waals surface area contributed by atoms with Crippen molar-refractivity contribution in [3.05, 3.63) is 41.0 Å². The molecule has 2 aromatic rings. The molecule has 214 valence electrons. The second kappa shape index (κ2) is 14.0. The smallest absolute Gasteiger partial charge is 0.286 e. The van der Waals surface area contributed by atoms with Gasteiger partial charge in [0.1, 0.15) is 5.82 Å². The molecular weight excluding hydrogens is 521 g/mol. The summed E-state index contributed by atoms with van der Waals surface area (Å²) < 4.78 is 20.3. The number of nitrogens with one attached hydrogen (secondary N) is 2. The second-order valence-electron chi connectivity index (χ2n) is 11.1. The molecule has 11 heteroatoms. The molecular formula is C28H40FN5O4S. The summed E-state index contributed by atoms with van der Waals surface area (Å²) in [6.45, 7) is 8.43. The zero-order valence-electron chi connectivity index (χ0n) is 23.6. The van der Waals surface area contributed by atoms with Crippen LogP contribution in [0, 0.1) is 17.7 Å². The summed E-state index contributed by atoms with van der Waals surface area (Å²) in [6.07, 6.45) is 3.20. The van der Waals surface area contributed by atoms with Crippen molar-refractivity contribution in [1.82, 2.24) is 25.7 Å². The highest BCUT2D eigenvalue weighted by Gasteiger charge is 2.36. The first-order valence-electron chi connectivity index (χ1n) is 13.5. The minimum Gasteiger partial charge on any atom is -0.408 e. The fourth-order valence-corrected chi connectivity index (χ4v) is 5.38. The van der Waals surface area contributed by atoms with Gasteiger partial charge in [0.25, 0.3) is 17.0 Å². The lowest BCUT2D eigenvalue weighted by atomic mass is 9.83. The van der Waals surface area contributed by atoms with Gasteiger partial charge in [-0.15, -0.1) is 10.2 Å². The molecule has 1 aromatic carbocycles. The zero-order chi connectivity index (χ0) is 28.7. The Hall–Kier alpha value is -2.79. The van der Waals surface area contributed by atoms with Gasteiger partial charge in [0.15, 0.2) is 0 Å². The molecule has 1 aliphatic carbocycles. The normalized spacial score (nSPS) is 18.4. The summed E-state index contributed by atoms with van der Waals surface area (Å²) in [5.41, 5.74) is 0.711. The lowest BCUT2D eigenvalue weighted by molar-refractivity contribution is -0.127. The molecule has 1 heterocycles. The number of halogens is 1. The highest BCUT2D eigenvalue weighted by Crippen LogP contribution is 2.27. The fraction of sp³-hybridized carbons (Fsp3) is 0.607. The van der Waals surface area contributed by atoms with Gasteiger partial charge in [0, 0.05) is 17.8 Å². The second-order valence-corrected chi connectivity index (χ2v) is 12.6. The van der Waals surface area contributed by atoms with E-state index in [1.54, 1.807) is 6.07 Å². The van der Waals surface area contributed by atoms with Crippen LogP contribution >= 0.6 is 11.8 Å². The van der Waals surface area contributed by atoms with E-state index < -0.39 is 35.5 Å². The number of hydrogen-bond donors (Lipinski definition) is 2. The van der Waals surface area contributed by atoms with Gasteiger partial charge >= 0.3 is 0 Å². The Morgan fingerprint density at radius 3 is 2.49 bits per heavy atom. The van der Waals surface area contributed by atoms with E-state index in [4.69, 9.17) is 4.42 Å². The van der Waals surface area contributed by atoms with Crippen molar-refractivity contribution in [3.8, 4) is 0 Å². The minimum absolute atomic E-state index is 0.0541. The molecule has 1 fully saturated rings. The van der Waals surface area contributed by atoms with Gasteiger partial charge in [-0.25, -0.2) is 4.39 Å². The Morgan fingerprint density at radius 1 is 1.13 bits per heavy atom. The van der Waals surface area contributed by atoms with Crippen molar-refractivity contribution in [2.75, 3.05) is 14.1 Å². The average Bonchev–Trinajstić information content (AvgIpc) is 3.30. The minimum atomic E-state index is -0.838. The summed E-state index contributed by atoms with van der Waals surface area (Å²) in [5, 5.41) is 14.1. The number of carbonyl (C=O) groups is 3. The van der Waals surface area contributed by atoms with E-state index in [-0.39, 0.29) is 28.5 Å². The fourth-order valence-electron chi connectivity index (χ4n) is 4.76. The highest BCUT2D eigenvalue weighted by atomic mass is 32.2. The molecule has 3 atom stereocenters. The number of amides is 2.